The van der Waals surface area contributed by atoms with Crippen LogP contribution >= 0.6 is 0 Å². The van der Waals surface area contributed by atoms with Gasteiger partial charge in [0.2, 0.25) is 0 Å². The maximum absolute atomic E-state index is 10.4. The van der Waals surface area contributed by atoms with Gasteiger partial charge in [-0.1, -0.05) is 232 Å². The van der Waals surface area contributed by atoms with E-state index in [-0.39, 0.29) is 34.6 Å². The van der Waals surface area contributed by atoms with Crippen LogP contribution in [0.25, 0.3) is 0 Å². The Balaban J connectivity index is -0.000000846. The van der Waals surface area contributed by atoms with Crippen LogP contribution in [-0.4, -0.2) is 60.5 Å². The van der Waals surface area contributed by atoms with Crippen LogP contribution in [0.4, 0.5) is 0 Å². The minimum atomic E-state index is -4.00. The fourth-order valence-electron chi connectivity index (χ4n) is 6.36. The second-order valence-corrected chi connectivity index (χ2v) is 17.6. The first kappa shape index (κ1) is 53.9. The predicted molar refractivity (Wildman–Crippen MR) is 212 cm³/mol. The summed E-state index contributed by atoms with van der Waals surface area (Å²) >= 11 is 0. The average molecular weight is 748 g/mol. The van der Waals surface area contributed by atoms with Gasteiger partial charge in [0.15, 0.2) is 0 Å². The summed E-state index contributed by atoms with van der Waals surface area (Å²) < 4.78 is 62.7. The van der Waals surface area contributed by atoms with Gasteiger partial charge in [-0.25, -0.2) is 16.8 Å². The molecule has 6 nitrogen and oxygen atoms in total. The third kappa shape index (κ3) is 58.1. The molecule has 0 aromatic carbocycles. The van der Waals surface area contributed by atoms with Crippen LogP contribution in [-0.2, 0) is 20.2 Å². The van der Waals surface area contributed by atoms with E-state index >= 15 is 0 Å². The molecule has 0 bridgehead atoms. The third-order valence-electron chi connectivity index (χ3n) is 9.50. The van der Waals surface area contributed by atoms with Crippen LogP contribution in [0.15, 0.2) is 0 Å². The van der Waals surface area contributed by atoms with Crippen molar-refractivity contribution < 1.29 is 25.9 Å². The molecule has 0 aliphatic carbocycles. The second kappa shape index (κ2) is 43.0. The molecule has 0 rings (SSSR count). The first-order valence-corrected chi connectivity index (χ1v) is 24.1. The molecule has 0 atom stereocenters. The quantitative estimate of drug-likeness (QED) is 0.0353. The van der Waals surface area contributed by atoms with E-state index in [2.05, 4.69) is 13.8 Å². The molecule has 0 saturated carbocycles. The maximum atomic E-state index is 10.4. The predicted octanol–water partition coefficient (Wildman–Crippen LogP) is 12.8. The van der Waals surface area contributed by atoms with E-state index in [0.29, 0.717) is 12.8 Å². The van der Waals surface area contributed by atoms with Gasteiger partial charge in [0.25, 0.3) is 0 Å². The van der Waals surface area contributed by atoms with Crippen molar-refractivity contribution in [2.24, 2.45) is 0 Å². The van der Waals surface area contributed by atoms with Crippen LogP contribution in [0, 0.1) is 0 Å². The summed E-state index contributed by atoms with van der Waals surface area (Å²) in [6.07, 6.45) is 46.0. The van der Waals surface area contributed by atoms with Crippen LogP contribution in [0.5, 0.6) is 0 Å². The summed E-state index contributed by atoms with van der Waals surface area (Å²) in [6.45, 7) is 4.54. The Morgan fingerprint density at radius 3 is 0.510 bits per heavy atom. The van der Waals surface area contributed by atoms with Crippen LogP contribution < -0.4 is 0 Å². The van der Waals surface area contributed by atoms with Gasteiger partial charge in [0, 0.05) is 11.5 Å². The van der Waals surface area contributed by atoms with Crippen molar-refractivity contribution in [2.75, 3.05) is 11.5 Å². The Morgan fingerprint density at radius 2 is 0.388 bits per heavy atom. The normalized spacial score (nSPS) is 11.7. The summed E-state index contributed by atoms with van der Waals surface area (Å²) in [6, 6.07) is 0. The molecule has 0 aliphatic heterocycles. The zero-order chi connectivity index (χ0) is 35.9. The molecule has 0 fully saturated rings. The average Bonchev–Trinajstić information content (AvgIpc) is 3.03. The van der Waals surface area contributed by atoms with E-state index in [4.69, 9.17) is 0 Å². The molecule has 0 aromatic heterocycles. The molecule has 0 aliphatic rings. The fraction of sp³-hybridized carbons (Fsp3) is 1.00. The Labute approximate surface area is 324 Å². The molecule has 0 saturated heterocycles. The van der Waals surface area contributed by atoms with Gasteiger partial charge in [-0.05, 0) is 12.8 Å². The van der Waals surface area contributed by atoms with Crippen molar-refractivity contribution in [1.29, 1.82) is 0 Å². The van der Waals surface area contributed by atoms with Gasteiger partial charge < -0.3 is 9.11 Å². The monoisotopic (exact) mass is 747 g/mol. The zero-order valence-electron chi connectivity index (χ0n) is 32.8. The molecule has 0 amide bonds. The molecule has 9 heteroatoms. The van der Waals surface area contributed by atoms with Gasteiger partial charge in [-0.2, -0.15) is 0 Å². The van der Waals surface area contributed by atoms with Crippen LogP contribution in [0.2, 0.25) is 0 Å². The van der Waals surface area contributed by atoms with E-state index < -0.39 is 20.2 Å². The molecular formula is C40H82MgO6S2. The largest absolute Gasteiger partial charge is 2.00 e. The summed E-state index contributed by atoms with van der Waals surface area (Å²) in [5.41, 5.74) is 0. The molecule has 0 unspecified atom stereocenters. The number of rotatable bonds is 38. The Hall–Kier alpha value is 0.586. The van der Waals surface area contributed by atoms with E-state index in [0.717, 1.165) is 25.7 Å². The van der Waals surface area contributed by atoms with Crippen molar-refractivity contribution in [2.45, 2.75) is 245 Å². The topological polar surface area (TPSA) is 114 Å². The molecule has 0 heterocycles. The van der Waals surface area contributed by atoms with Crippen molar-refractivity contribution in [3.63, 3.8) is 0 Å². The van der Waals surface area contributed by atoms with E-state index in [1.165, 1.54) is 193 Å². The van der Waals surface area contributed by atoms with E-state index in [9.17, 15) is 25.9 Å². The van der Waals surface area contributed by atoms with Gasteiger partial charge >= 0.3 is 23.1 Å². The van der Waals surface area contributed by atoms with Crippen molar-refractivity contribution in [3.05, 3.63) is 0 Å². The molecular weight excluding hydrogens is 665 g/mol. The van der Waals surface area contributed by atoms with Gasteiger partial charge in [0.1, 0.15) is 0 Å². The number of unbranched alkanes of at least 4 members (excludes halogenated alkanes) is 34. The standard InChI is InChI=1S/2C20H42O3S.Mg/c2*1-2-3-4-5-6-7-8-9-10-11-12-13-14-15-16-17-18-19-20-24(21,22)23;/h2*2-20H2,1H3,(H,21,22,23);/q;;+2/p-2. The fourth-order valence-corrected chi connectivity index (χ4v) is 7.48. The summed E-state index contributed by atoms with van der Waals surface area (Å²) in [5.74, 6) is -0.378. The SMILES string of the molecule is CCCCCCCCCCCCCCCCCCCCS(=O)(=O)[O-].CCCCCCCCCCCCCCCCCCCCS(=O)(=O)[O-].[Mg+2]. The van der Waals surface area contributed by atoms with Gasteiger partial charge in [0.05, 0.1) is 20.2 Å². The van der Waals surface area contributed by atoms with Gasteiger partial charge in [-0.3, -0.25) is 0 Å². The zero-order valence-corrected chi connectivity index (χ0v) is 35.9. The molecule has 0 N–H and O–H groups in total. The summed E-state index contributed by atoms with van der Waals surface area (Å²) in [5, 5.41) is 0. The molecule has 0 aromatic rings. The third-order valence-corrected chi connectivity index (χ3v) is 11.1. The van der Waals surface area contributed by atoms with E-state index in [1.54, 1.807) is 0 Å². The van der Waals surface area contributed by atoms with Crippen molar-refractivity contribution in [3.8, 4) is 0 Å². The number of hydrogen-bond donors (Lipinski definition) is 0. The maximum Gasteiger partial charge on any atom is 2.00 e. The number of hydrogen-bond acceptors (Lipinski definition) is 6. The summed E-state index contributed by atoms with van der Waals surface area (Å²) in [4.78, 5) is 0. The first-order chi connectivity index (χ1) is 23.1. The van der Waals surface area contributed by atoms with E-state index in [1.807, 2.05) is 0 Å². The first-order valence-electron chi connectivity index (χ1n) is 21.0. The van der Waals surface area contributed by atoms with Crippen LogP contribution in [0.3, 0.4) is 0 Å². The molecule has 49 heavy (non-hydrogen) atoms. The smallest absolute Gasteiger partial charge is 0.748 e. The van der Waals surface area contributed by atoms with Gasteiger partial charge in [-0.15, -0.1) is 0 Å². The molecule has 0 spiro atoms. The summed E-state index contributed by atoms with van der Waals surface area (Å²) in [7, 11) is -7.99. The van der Waals surface area contributed by atoms with Crippen LogP contribution in [0.1, 0.15) is 245 Å². The van der Waals surface area contributed by atoms with Crippen molar-refractivity contribution >= 4 is 43.3 Å². The minimum Gasteiger partial charge on any atom is -0.748 e. The molecule has 292 valence electrons. The Bertz CT molecular complexity index is 753. The minimum absolute atomic E-state index is 0. The second-order valence-electron chi connectivity index (χ2n) is 14.5. The molecule has 0 radical (unpaired) electrons. The van der Waals surface area contributed by atoms with Crippen molar-refractivity contribution in [1.82, 2.24) is 0 Å². The Morgan fingerprint density at radius 1 is 0.265 bits per heavy atom. The Kier molecular flexibility index (Phi) is 47.3.